The summed E-state index contributed by atoms with van der Waals surface area (Å²) >= 11 is 0. The number of rotatable bonds is 6. The van der Waals surface area contributed by atoms with Gasteiger partial charge in [0.25, 0.3) is 0 Å². The first-order valence-electron chi connectivity index (χ1n) is 6.61. The maximum atomic E-state index is 11.1. The Labute approximate surface area is 108 Å². The van der Waals surface area contributed by atoms with Crippen LogP contribution in [0, 0.1) is 0 Å². The third kappa shape index (κ3) is 3.84. The number of ether oxygens (including phenoxy) is 2. The molecule has 1 unspecified atom stereocenters. The van der Waals surface area contributed by atoms with Gasteiger partial charge in [-0.05, 0) is 56.9 Å². The molecule has 18 heavy (non-hydrogen) atoms. The zero-order chi connectivity index (χ0) is 12.8. The highest BCUT2D eigenvalue weighted by Gasteiger charge is 2.14. The average molecular weight is 248 g/mol. The Morgan fingerprint density at radius 3 is 2.78 bits per heavy atom. The van der Waals surface area contributed by atoms with E-state index in [1.807, 2.05) is 12.1 Å². The minimum absolute atomic E-state index is 0.0833. The van der Waals surface area contributed by atoms with Crippen LogP contribution >= 0.6 is 0 Å². The topological polar surface area (TPSA) is 35.5 Å². The first kappa shape index (κ1) is 13.1. The fraction of sp³-hybridized carbons (Fsp3) is 0.533. The predicted octanol–water partition coefficient (Wildman–Crippen LogP) is 3.23. The summed E-state index contributed by atoms with van der Waals surface area (Å²) < 4.78 is 11.2. The van der Waals surface area contributed by atoms with Crippen LogP contribution in [0.3, 0.4) is 0 Å². The third-order valence-corrected chi connectivity index (χ3v) is 3.22. The Morgan fingerprint density at radius 1 is 1.39 bits per heavy atom. The molecule has 0 amide bonds. The summed E-state index contributed by atoms with van der Waals surface area (Å²) in [6.45, 7) is 3.19. The number of hydrogen-bond acceptors (Lipinski definition) is 3. The monoisotopic (exact) mass is 248 g/mol. The van der Waals surface area contributed by atoms with E-state index < -0.39 is 0 Å². The third-order valence-electron chi connectivity index (χ3n) is 3.22. The van der Waals surface area contributed by atoms with Gasteiger partial charge in [-0.25, -0.2) is 0 Å². The van der Waals surface area contributed by atoms with Crippen molar-refractivity contribution in [3.05, 3.63) is 29.8 Å². The van der Waals surface area contributed by atoms with E-state index in [-0.39, 0.29) is 5.78 Å². The second-order valence-corrected chi connectivity index (χ2v) is 4.71. The highest BCUT2D eigenvalue weighted by molar-refractivity contribution is 5.94. The van der Waals surface area contributed by atoms with Crippen LogP contribution in [0.2, 0.25) is 0 Å². The van der Waals surface area contributed by atoms with Crippen LogP contribution in [0.25, 0.3) is 0 Å². The summed E-state index contributed by atoms with van der Waals surface area (Å²) in [5.41, 5.74) is 0.724. The van der Waals surface area contributed by atoms with E-state index in [1.165, 1.54) is 12.8 Å². The number of hydrogen-bond donors (Lipinski definition) is 0. The number of ketones is 1. The molecule has 2 rings (SSSR count). The molecule has 1 heterocycles. The van der Waals surface area contributed by atoms with Crippen molar-refractivity contribution in [2.45, 2.75) is 38.7 Å². The second-order valence-electron chi connectivity index (χ2n) is 4.71. The molecule has 0 radical (unpaired) electrons. The molecule has 1 aliphatic heterocycles. The van der Waals surface area contributed by atoms with Gasteiger partial charge >= 0.3 is 0 Å². The van der Waals surface area contributed by atoms with Crippen molar-refractivity contribution < 1.29 is 14.3 Å². The normalized spacial score (nSPS) is 18.8. The highest BCUT2D eigenvalue weighted by atomic mass is 16.5. The molecule has 1 aromatic rings. The van der Waals surface area contributed by atoms with E-state index in [1.54, 1.807) is 19.1 Å². The molecular formula is C15H20O3. The van der Waals surface area contributed by atoms with Gasteiger partial charge in [0.2, 0.25) is 0 Å². The molecule has 3 nitrogen and oxygen atoms in total. The van der Waals surface area contributed by atoms with Gasteiger partial charge in [-0.15, -0.1) is 0 Å². The van der Waals surface area contributed by atoms with Crippen LogP contribution in [0.15, 0.2) is 24.3 Å². The van der Waals surface area contributed by atoms with Gasteiger partial charge in [0.1, 0.15) is 5.75 Å². The Kier molecular flexibility index (Phi) is 4.76. The number of carbonyl (C=O) groups is 1. The van der Waals surface area contributed by atoms with Gasteiger partial charge in [-0.1, -0.05) is 0 Å². The summed E-state index contributed by atoms with van der Waals surface area (Å²) in [7, 11) is 0. The largest absolute Gasteiger partial charge is 0.494 e. The standard InChI is InChI=1S/C15H20O3/c1-12(16)13-6-8-15(9-7-13)18-11-3-5-14-4-2-10-17-14/h6-9,14H,2-5,10-11H2,1H3. The quantitative estimate of drug-likeness (QED) is 0.572. The van der Waals surface area contributed by atoms with E-state index in [2.05, 4.69) is 0 Å². The van der Waals surface area contributed by atoms with Crippen molar-refractivity contribution in [2.24, 2.45) is 0 Å². The molecule has 0 spiro atoms. The molecule has 1 atom stereocenters. The van der Waals surface area contributed by atoms with E-state index in [0.717, 1.165) is 30.8 Å². The van der Waals surface area contributed by atoms with E-state index in [4.69, 9.17) is 9.47 Å². The molecule has 1 aromatic carbocycles. The van der Waals surface area contributed by atoms with Gasteiger partial charge in [0.15, 0.2) is 5.78 Å². The molecule has 0 aliphatic carbocycles. The number of carbonyl (C=O) groups excluding carboxylic acids is 1. The van der Waals surface area contributed by atoms with Crippen molar-refractivity contribution in [3.63, 3.8) is 0 Å². The van der Waals surface area contributed by atoms with Crippen molar-refractivity contribution >= 4 is 5.78 Å². The van der Waals surface area contributed by atoms with Crippen molar-refractivity contribution in [2.75, 3.05) is 13.2 Å². The predicted molar refractivity (Wildman–Crippen MR) is 70.1 cm³/mol. The van der Waals surface area contributed by atoms with Crippen molar-refractivity contribution in [1.82, 2.24) is 0 Å². The molecule has 1 aliphatic rings. The van der Waals surface area contributed by atoms with Crippen molar-refractivity contribution in [1.29, 1.82) is 0 Å². The molecule has 0 bridgehead atoms. The lowest BCUT2D eigenvalue weighted by Gasteiger charge is -2.10. The van der Waals surface area contributed by atoms with Crippen LogP contribution < -0.4 is 4.74 Å². The molecule has 98 valence electrons. The summed E-state index contributed by atoms with van der Waals surface area (Å²) in [4.78, 5) is 11.1. The van der Waals surface area contributed by atoms with Crippen LogP contribution in [-0.4, -0.2) is 25.1 Å². The Morgan fingerprint density at radius 2 is 2.17 bits per heavy atom. The molecule has 3 heteroatoms. The number of benzene rings is 1. The minimum Gasteiger partial charge on any atom is -0.494 e. The molecule has 0 saturated carbocycles. The van der Waals surface area contributed by atoms with Gasteiger partial charge in [-0.2, -0.15) is 0 Å². The van der Waals surface area contributed by atoms with Crippen LogP contribution in [0.4, 0.5) is 0 Å². The first-order valence-corrected chi connectivity index (χ1v) is 6.61. The van der Waals surface area contributed by atoms with Crippen LogP contribution in [0.1, 0.15) is 43.0 Å². The SMILES string of the molecule is CC(=O)c1ccc(OCCCC2CCCO2)cc1. The highest BCUT2D eigenvalue weighted by Crippen LogP contribution is 2.17. The molecular weight excluding hydrogens is 228 g/mol. The zero-order valence-corrected chi connectivity index (χ0v) is 10.9. The van der Waals surface area contributed by atoms with E-state index in [9.17, 15) is 4.79 Å². The lowest BCUT2D eigenvalue weighted by molar-refractivity contribution is 0.0980. The summed E-state index contributed by atoms with van der Waals surface area (Å²) in [5.74, 6) is 0.910. The molecule has 0 aromatic heterocycles. The maximum Gasteiger partial charge on any atom is 0.159 e. The lowest BCUT2D eigenvalue weighted by atomic mass is 10.1. The summed E-state index contributed by atoms with van der Waals surface area (Å²) in [6, 6.07) is 7.31. The fourth-order valence-electron chi connectivity index (χ4n) is 2.16. The van der Waals surface area contributed by atoms with Gasteiger partial charge in [0, 0.05) is 12.2 Å². The fourth-order valence-corrected chi connectivity index (χ4v) is 2.16. The minimum atomic E-state index is 0.0833. The van der Waals surface area contributed by atoms with Gasteiger partial charge in [-0.3, -0.25) is 4.79 Å². The van der Waals surface area contributed by atoms with Gasteiger partial charge < -0.3 is 9.47 Å². The van der Waals surface area contributed by atoms with E-state index in [0.29, 0.717) is 12.7 Å². The Hall–Kier alpha value is -1.35. The smallest absolute Gasteiger partial charge is 0.159 e. The zero-order valence-electron chi connectivity index (χ0n) is 10.9. The van der Waals surface area contributed by atoms with Crippen molar-refractivity contribution in [3.8, 4) is 5.75 Å². The average Bonchev–Trinajstić information content (AvgIpc) is 2.88. The Balaban J connectivity index is 1.68. The maximum absolute atomic E-state index is 11.1. The lowest BCUT2D eigenvalue weighted by Crippen LogP contribution is -2.07. The Bertz CT molecular complexity index is 377. The summed E-state index contributed by atoms with van der Waals surface area (Å²) in [5, 5.41) is 0. The second kappa shape index (κ2) is 6.55. The van der Waals surface area contributed by atoms with Crippen LogP contribution in [0.5, 0.6) is 5.75 Å². The molecule has 1 saturated heterocycles. The molecule has 1 fully saturated rings. The van der Waals surface area contributed by atoms with E-state index >= 15 is 0 Å². The first-order chi connectivity index (χ1) is 8.75. The van der Waals surface area contributed by atoms with Gasteiger partial charge in [0.05, 0.1) is 12.7 Å². The summed E-state index contributed by atoms with van der Waals surface area (Å²) in [6.07, 6.45) is 4.91. The number of Topliss-reactive ketones (excluding diaryl/α,β-unsaturated/α-hetero) is 1. The van der Waals surface area contributed by atoms with Crippen LogP contribution in [-0.2, 0) is 4.74 Å². The molecule has 0 N–H and O–H groups in total.